The summed E-state index contributed by atoms with van der Waals surface area (Å²) in [5.41, 5.74) is 1.73. The van der Waals surface area contributed by atoms with Gasteiger partial charge in [-0.15, -0.1) is 16.4 Å². The summed E-state index contributed by atoms with van der Waals surface area (Å²) in [6.45, 7) is 0. The average Bonchev–Trinajstić information content (AvgIpc) is 3.40. The van der Waals surface area contributed by atoms with Crippen LogP contribution in [0.1, 0.15) is 17.1 Å². The summed E-state index contributed by atoms with van der Waals surface area (Å²) < 4.78 is 18.3. The average molecular weight is 384 g/mol. The summed E-state index contributed by atoms with van der Waals surface area (Å²) >= 11 is 3.09. The highest BCUT2D eigenvalue weighted by molar-refractivity contribution is 7.98. The van der Waals surface area contributed by atoms with E-state index in [1.165, 1.54) is 23.9 Å². The number of thiophene rings is 1. The molecule has 8 heteroatoms. The maximum atomic E-state index is 12.9. The van der Waals surface area contributed by atoms with Gasteiger partial charge >= 0.3 is 0 Å². The van der Waals surface area contributed by atoms with Crippen molar-refractivity contribution in [2.45, 2.75) is 10.9 Å². The van der Waals surface area contributed by atoms with Gasteiger partial charge in [-0.05, 0) is 35.2 Å². The van der Waals surface area contributed by atoms with E-state index in [9.17, 15) is 4.39 Å². The molecule has 1 aromatic carbocycles. The third kappa shape index (κ3) is 4.09. The van der Waals surface area contributed by atoms with E-state index in [4.69, 9.17) is 4.52 Å². The van der Waals surface area contributed by atoms with Gasteiger partial charge in [-0.3, -0.25) is 5.10 Å². The van der Waals surface area contributed by atoms with Gasteiger partial charge in [0.2, 0.25) is 5.16 Å². The van der Waals surface area contributed by atoms with E-state index in [-0.39, 0.29) is 5.82 Å². The van der Waals surface area contributed by atoms with Crippen LogP contribution in [0, 0.1) is 5.82 Å². The lowest BCUT2D eigenvalue weighted by molar-refractivity contribution is 0.427. The van der Waals surface area contributed by atoms with Crippen LogP contribution in [0.15, 0.2) is 57.5 Å². The molecule has 0 spiro atoms. The molecule has 0 atom stereocenters. The first kappa shape index (κ1) is 16.7. The van der Waals surface area contributed by atoms with E-state index in [2.05, 4.69) is 20.3 Å². The van der Waals surface area contributed by atoms with Gasteiger partial charge in [-0.1, -0.05) is 41.2 Å². The number of aromatic amines is 1. The predicted molar refractivity (Wildman–Crippen MR) is 101 cm³/mol. The fourth-order valence-electron chi connectivity index (χ4n) is 2.20. The molecule has 26 heavy (non-hydrogen) atoms. The zero-order chi connectivity index (χ0) is 17.8. The topological polar surface area (TPSA) is 67.6 Å². The minimum absolute atomic E-state index is 0.254. The van der Waals surface area contributed by atoms with Crippen LogP contribution in [0.5, 0.6) is 0 Å². The summed E-state index contributed by atoms with van der Waals surface area (Å²) in [6.07, 6.45) is 3.65. The Bertz CT molecular complexity index is 1010. The number of benzene rings is 1. The van der Waals surface area contributed by atoms with Gasteiger partial charge in [0.1, 0.15) is 11.6 Å². The molecule has 0 saturated heterocycles. The quantitative estimate of drug-likeness (QED) is 0.467. The molecular weight excluding hydrogens is 371 g/mol. The molecule has 4 rings (SSSR count). The largest absolute Gasteiger partial charge is 0.355 e. The predicted octanol–water partition coefficient (Wildman–Crippen LogP) is 5.12. The standard InChI is InChI=1S/C18H13FN4OS2/c19-13-6-3-12(4-7-13)5-8-17-20-18(22-21-17)26-11-14-10-15(24-23-14)16-2-1-9-25-16/h1-10H,11H2,(H,20,21,22)/b8-5-. The number of rotatable bonds is 6. The smallest absolute Gasteiger partial charge is 0.209 e. The Morgan fingerprint density at radius 1 is 1.19 bits per heavy atom. The number of thioether (sulfide) groups is 1. The van der Waals surface area contributed by atoms with Crippen LogP contribution in [-0.4, -0.2) is 20.3 Å². The molecule has 130 valence electrons. The minimum atomic E-state index is -0.254. The van der Waals surface area contributed by atoms with Crippen LogP contribution in [0.25, 0.3) is 22.8 Å². The normalized spacial score (nSPS) is 11.4. The molecule has 5 nitrogen and oxygen atoms in total. The number of nitrogens with zero attached hydrogens (tertiary/aromatic N) is 3. The van der Waals surface area contributed by atoms with E-state index in [1.807, 2.05) is 29.7 Å². The van der Waals surface area contributed by atoms with Crippen LogP contribution < -0.4 is 0 Å². The van der Waals surface area contributed by atoms with Crippen molar-refractivity contribution in [3.63, 3.8) is 0 Å². The number of hydrogen-bond acceptors (Lipinski definition) is 6. The van der Waals surface area contributed by atoms with E-state index < -0.39 is 0 Å². The first-order valence-corrected chi connectivity index (χ1v) is 9.61. The lowest BCUT2D eigenvalue weighted by Gasteiger charge is -1.91. The fourth-order valence-corrected chi connectivity index (χ4v) is 3.56. The van der Waals surface area contributed by atoms with E-state index >= 15 is 0 Å². The first-order chi connectivity index (χ1) is 12.8. The molecule has 3 aromatic heterocycles. The van der Waals surface area contributed by atoms with Crippen LogP contribution in [-0.2, 0) is 5.75 Å². The highest BCUT2D eigenvalue weighted by atomic mass is 32.2. The van der Waals surface area contributed by atoms with E-state index in [0.29, 0.717) is 16.7 Å². The Morgan fingerprint density at radius 3 is 2.88 bits per heavy atom. The summed E-state index contributed by atoms with van der Waals surface area (Å²) in [7, 11) is 0. The fraction of sp³-hybridized carbons (Fsp3) is 0.0556. The molecule has 0 aliphatic rings. The molecule has 0 unspecified atom stereocenters. The van der Waals surface area contributed by atoms with Crippen molar-refractivity contribution in [2.24, 2.45) is 0 Å². The molecule has 3 heterocycles. The van der Waals surface area contributed by atoms with Crippen molar-refractivity contribution in [1.82, 2.24) is 20.3 Å². The van der Waals surface area contributed by atoms with Gasteiger partial charge < -0.3 is 4.52 Å². The highest BCUT2D eigenvalue weighted by Gasteiger charge is 2.09. The van der Waals surface area contributed by atoms with Crippen molar-refractivity contribution in [2.75, 3.05) is 0 Å². The maximum Gasteiger partial charge on any atom is 0.209 e. The van der Waals surface area contributed by atoms with Crippen LogP contribution in [0.4, 0.5) is 4.39 Å². The van der Waals surface area contributed by atoms with Crippen molar-refractivity contribution in [3.05, 3.63) is 70.7 Å². The van der Waals surface area contributed by atoms with Crippen molar-refractivity contribution < 1.29 is 8.91 Å². The lowest BCUT2D eigenvalue weighted by atomic mass is 10.2. The minimum Gasteiger partial charge on any atom is -0.355 e. The van der Waals surface area contributed by atoms with Gasteiger partial charge in [0.05, 0.1) is 10.6 Å². The molecule has 1 N–H and O–H groups in total. The van der Waals surface area contributed by atoms with Crippen molar-refractivity contribution in [1.29, 1.82) is 0 Å². The Morgan fingerprint density at radius 2 is 2.08 bits per heavy atom. The molecule has 0 fully saturated rings. The van der Waals surface area contributed by atoms with Crippen LogP contribution in [0.2, 0.25) is 0 Å². The summed E-state index contributed by atoms with van der Waals surface area (Å²) in [4.78, 5) is 5.45. The number of nitrogens with one attached hydrogen (secondary N) is 1. The molecule has 0 aliphatic heterocycles. The van der Waals surface area contributed by atoms with Gasteiger partial charge in [0.15, 0.2) is 5.76 Å². The molecule has 0 aliphatic carbocycles. The number of aromatic nitrogens is 4. The molecule has 4 aromatic rings. The zero-order valence-electron chi connectivity index (χ0n) is 13.4. The Labute approximate surface area is 157 Å². The Hall–Kier alpha value is -2.71. The lowest BCUT2D eigenvalue weighted by Crippen LogP contribution is -1.81. The Kier molecular flexibility index (Phi) is 4.94. The second-order valence-corrected chi connectivity index (χ2v) is 7.23. The van der Waals surface area contributed by atoms with Gasteiger partial charge in [-0.25, -0.2) is 9.37 Å². The SMILES string of the molecule is Fc1ccc(/C=C\c2nc(SCc3cc(-c4cccs4)on3)n[nH]2)cc1. The second kappa shape index (κ2) is 7.67. The third-order valence-electron chi connectivity index (χ3n) is 3.46. The molecule has 0 amide bonds. The van der Waals surface area contributed by atoms with Crippen LogP contribution in [0.3, 0.4) is 0 Å². The van der Waals surface area contributed by atoms with Crippen LogP contribution >= 0.6 is 23.1 Å². The van der Waals surface area contributed by atoms with Gasteiger partial charge in [-0.2, -0.15) is 0 Å². The number of halogens is 1. The second-order valence-electron chi connectivity index (χ2n) is 5.34. The van der Waals surface area contributed by atoms with Crippen molar-refractivity contribution in [3.8, 4) is 10.6 Å². The Balaban J connectivity index is 1.36. The summed E-state index contributed by atoms with van der Waals surface area (Å²) in [5.74, 6) is 1.77. The first-order valence-electron chi connectivity index (χ1n) is 7.74. The number of H-pyrrole nitrogens is 1. The molecular formula is C18H13FN4OS2. The van der Waals surface area contributed by atoms with E-state index in [0.717, 1.165) is 21.9 Å². The summed E-state index contributed by atoms with van der Waals surface area (Å²) in [5, 5.41) is 13.7. The maximum absolute atomic E-state index is 12.9. The molecule has 0 saturated carbocycles. The van der Waals surface area contributed by atoms with Crippen molar-refractivity contribution >= 4 is 35.3 Å². The van der Waals surface area contributed by atoms with Gasteiger partial charge in [0.25, 0.3) is 0 Å². The third-order valence-corrected chi connectivity index (χ3v) is 5.22. The highest BCUT2D eigenvalue weighted by Crippen LogP contribution is 2.27. The summed E-state index contributed by atoms with van der Waals surface area (Å²) in [6, 6.07) is 12.2. The van der Waals surface area contributed by atoms with Gasteiger partial charge in [0, 0.05) is 11.8 Å². The molecule has 0 radical (unpaired) electrons. The monoisotopic (exact) mass is 384 g/mol. The molecule has 0 bridgehead atoms. The zero-order valence-corrected chi connectivity index (χ0v) is 15.1. The number of hydrogen-bond donors (Lipinski definition) is 1. The van der Waals surface area contributed by atoms with E-state index in [1.54, 1.807) is 29.5 Å².